The number of hydroxylamine groups is 1. The third-order valence-corrected chi connectivity index (χ3v) is 8.03. The van der Waals surface area contributed by atoms with Crippen molar-refractivity contribution in [2.75, 3.05) is 25.6 Å². The van der Waals surface area contributed by atoms with Crippen molar-refractivity contribution >= 4 is 42.0 Å². The predicted molar refractivity (Wildman–Crippen MR) is 125 cm³/mol. The molecule has 4 rings (SSSR count). The first-order valence-corrected chi connectivity index (χ1v) is 13.3. The van der Waals surface area contributed by atoms with Crippen molar-refractivity contribution < 1.29 is 48.8 Å². The summed E-state index contributed by atoms with van der Waals surface area (Å²) < 4.78 is 29.0. The fourth-order valence-corrected chi connectivity index (χ4v) is 5.52. The summed E-state index contributed by atoms with van der Waals surface area (Å²) in [6.45, 7) is -1.71. The number of hydrogen-bond donors (Lipinski definition) is 7. The van der Waals surface area contributed by atoms with E-state index in [1.807, 2.05) is 0 Å². The molecule has 2 fully saturated rings. The Hall–Kier alpha value is -1.98. The topological polar surface area (TPSA) is 231 Å². The van der Waals surface area contributed by atoms with E-state index < -0.39 is 56.6 Å². The Kier molecular flexibility index (Phi) is 8.35. The highest BCUT2D eigenvalue weighted by Gasteiger charge is 2.57. The van der Waals surface area contributed by atoms with Gasteiger partial charge in [-0.2, -0.15) is 15.1 Å². The maximum absolute atomic E-state index is 12.1. The second-order valence-corrected chi connectivity index (χ2v) is 11.0. The van der Waals surface area contributed by atoms with Crippen LogP contribution < -0.4 is 10.8 Å². The van der Waals surface area contributed by atoms with Gasteiger partial charge in [-0.1, -0.05) is 12.8 Å². The summed E-state index contributed by atoms with van der Waals surface area (Å²) >= 11 is 6.13. The van der Waals surface area contributed by atoms with E-state index in [-0.39, 0.29) is 17.0 Å². The molecule has 18 heteroatoms. The first-order chi connectivity index (χ1) is 17.5. The third kappa shape index (κ3) is 5.31. The SMILES string of the molecule is COC[C@@](OC[C@H]1O[C@@H](n2ncc3c(NC4CCCC4)nc(Cl)nc32)[C@H](O)[C@@H]1O)(C(=O)NO)P(=O)(O)O. The molecule has 37 heavy (non-hydrogen) atoms. The highest BCUT2D eigenvalue weighted by molar-refractivity contribution is 7.54. The van der Waals surface area contributed by atoms with Gasteiger partial charge in [0.1, 0.15) is 24.1 Å². The van der Waals surface area contributed by atoms with E-state index in [9.17, 15) is 29.4 Å². The second kappa shape index (κ2) is 11.0. The van der Waals surface area contributed by atoms with Crippen LogP contribution in [0.15, 0.2) is 6.20 Å². The molecule has 7 N–H and O–H groups in total. The van der Waals surface area contributed by atoms with Crippen LogP contribution in [-0.2, 0) is 23.6 Å². The van der Waals surface area contributed by atoms with Gasteiger partial charge in [0.2, 0.25) is 5.28 Å². The Labute approximate surface area is 215 Å². The van der Waals surface area contributed by atoms with Gasteiger partial charge in [-0.3, -0.25) is 14.6 Å². The Balaban J connectivity index is 1.58. The van der Waals surface area contributed by atoms with Crippen molar-refractivity contribution in [2.24, 2.45) is 0 Å². The minimum Gasteiger partial charge on any atom is -0.387 e. The normalized spacial score (nSPS) is 26.5. The molecule has 2 aromatic heterocycles. The van der Waals surface area contributed by atoms with Crippen molar-refractivity contribution in [3.8, 4) is 0 Å². The van der Waals surface area contributed by atoms with Gasteiger partial charge in [-0.25, -0.2) is 10.2 Å². The number of fused-ring (bicyclic) bond motifs is 1. The number of halogens is 1. The lowest BCUT2D eigenvalue weighted by Crippen LogP contribution is -2.52. The number of carbonyl (C=O) groups excluding carboxylic acids is 1. The number of hydrogen-bond acceptors (Lipinski definition) is 12. The number of nitrogens with zero attached hydrogens (tertiary/aromatic N) is 4. The lowest BCUT2D eigenvalue weighted by molar-refractivity contribution is -0.160. The molecule has 16 nitrogen and oxygen atoms in total. The van der Waals surface area contributed by atoms with Crippen LogP contribution in [0.5, 0.6) is 0 Å². The highest BCUT2D eigenvalue weighted by atomic mass is 35.5. The molecule has 2 aromatic rings. The zero-order valence-electron chi connectivity index (χ0n) is 19.6. The van der Waals surface area contributed by atoms with Gasteiger partial charge in [0.05, 0.1) is 24.8 Å². The van der Waals surface area contributed by atoms with Crippen molar-refractivity contribution in [3.63, 3.8) is 0 Å². The summed E-state index contributed by atoms with van der Waals surface area (Å²) in [6.07, 6.45) is -0.273. The van der Waals surface area contributed by atoms with E-state index in [2.05, 4.69) is 20.4 Å². The van der Waals surface area contributed by atoms with Gasteiger partial charge in [-0.05, 0) is 24.4 Å². The smallest absolute Gasteiger partial charge is 0.369 e. The molecule has 3 heterocycles. The fraction of sp³-hybridized carbons (Fsp3) is 0.684. The number of anilines is 1. The average Bonchev–Trinajstić information content (AvgIpc) is 3.56. The number of rotatable bonds is 10. The molecule has 206 valence electrons. The number of carbonyl (C=O) groups is 1. The molecule has 0 aromatic carbocycles. The van der Waals surface area contributed by atoms with E-state index >= 15 is 0 Å². The maximum atomic E-state index is 12.1. The quantitative estimate of drug-likeness (QED) is 0.0831. The van der Waals surface area contributed by atoms with E-state index in [0.717, 1.165) is 38.3 Å². The summed E-state index contributed by atoms with van der Waals surface area (Å²) in [7, 11) is -4.32. The van der Waals surface area contributed by atoms with Gasteiger partial charge in [0, 0.05) is 13.2 Å². The lowest BCUT2D eigenvalue weighted by atomic mass is 10.1. The third-order valence-electron chi connectivity index (χ3n) is 6.45. The van der Waals surface area contributed by atoms with E-state index in [4.69, 9.17) is 31.0 Å². The maximum Gasteiger partial charge on any atom is 0.369 e. The average molecular weight is 567 g/mol. The Morgan fingerprint density at radius 1 is 1.30 bits per heavy atom. The highest BCUT2D eigenvalue weighted by Crippen LogP contribution is 2.52. The Morgan fingerprint density at radius 2 is 2.00 bits per heavy atom. The van der Waals surface area contributed by atoms with E-state index in [0.29, 0.717) is 11.2 Å². The summed E-state index contributed by atoms with van der Waals surface area (Å²) in [5, 5.41) is 35.3. The van der Waals surface area contributed by atoms with Crippen molar-refractivity contribution in [1.29, 1.82) is 0 Å². The Bertz CT molecular complexity index is 1180. The standard InChI is InChI=1S/C19H28ClN6O10P/c1-34-8-19(17(29)25-30,37(31,32)33)35-7-11-12(27)13(28)16(36-11)26-15-10(6-21-26)14(23-18(20)24-15)22-9-4-2-3-5-9/h6,9,11-13,16,27-28,30H,2-5,7-8H2,1H3,(H,25,29)(H,22,23,24)(H2,31,32,33)/t11-,12-,13-,16-,19+/m1/s1. The molecule has 1 aliphatic carbocycles. The van der Waals surface area contributed by atoms with Gasteiger partial charge >= 0.3 is 7.60 Å². The van der Waals surface area contributed by atoms with Crippen LogP contribution in [0.1, 0.15) is 31.9 Å². The first-order valence-electron chi connectivity index (χ1n) is 11.3. The van der Waals surface area contributed by atoms with Crippen LogP contribution in [0.4, 0.5) is 5.82 Å². The fourth-order valence-electron chi connectivity index (χ4n) is 4.50. The predicted octanol–water partition coefficient (Wildman–Crippen LogP) is -0.504. The van der Waals surface area contributed by atoms with Gasteiger partial charge < -0.3 is 39.5 Å². The summed E-state index contributed by atoms with van der Waals surface area (Å²) in [5.41, 5.74) is 1.35. The first kappa shape index (κ1) is 28.0. The molecule has 1 saturated carbocycles. The van der Waals surface area contributed by atoms with Crippen LogP contribution >= 0.6 is 19.2 Å². The van der Waals surface area contributed by atoms with Crippen molar-refractivity contribution in [2.45, 2.75) is 61.6 Å². The molecule has 0 radical (unpaired) electrons. The molecule has 0 bridgehead atoms. The second-order valence-electron chi connectivity index (χ2n) is 8.85. The zero-order valence-corrected chi connectivity index (χ0v) is 21.2. The molecular weight excluding hydrogens is 539 g/mol. The number of aliphatic hydroxyl groups is 2. The number of ether oxygens (including phenoxy) is 3. The molecule has 5 atom stereocenters. The number of amides is 1. The molecular formula is C19H28ClN6O10P. The lowest BCUT2D eigenvalue weighted by Gasteiger charge is -2.32. The minimum atomic E-state index is -5.38. The number of nitrogens with one attached hydrogen (secondary N) is 2. The molecule has 1 aliphatic heterocycles. The monoisotopic (exact) mass is 566 g/mol. The summed E-state index contributed by atoms with van der Waals surface area (Å²) in [4.78, 5) is 40.1. The van der Waals surface area contributed by atoms with Gasteiger partial charge in [-0.15, -0.1) is 0 Å². The number of aromatic nitrogens is 4. The van der Waals surface area contributed by atoms with Crippen LogP contribution in [0, 0.1) is 0 Å². The van der Waals surface area contributed by atoms with Gasteiger partial charge in [0.25, 0.3) is 11.2 Å². The molecule has 0 spiro atoms. The summed E-state index contributed by atoms with van der Waals surface area (Å²) in [6, 6.07) is 0.215. The summed E-state index contributed by atoms with van der Waals surface area (Å²) in [5.74, 6) is -1.11. The van der Waals surface area contributed by atoms with E-state index in [1.165, 1.54) is 10.9 Å². The van der Waals surface area contributed by atoms with Crippen LogP contribution in [0.25, 0.3) is 11.0 Å². The van der Waals surface area contributed by atoms with Gasteiger partial charge in [0.15, 0.2) is 11.9 Å². The largest absolute Gasteiger partial charge is 0.387 e. The number of aliphatic hydroxyl groups excluding tert-OH is 2. The minimum absolute atomic E-state index is 0.0799. The van der Waals surface area contributed by atoms with Crippen LogP contribution in [0.2, 0.25) is 5.28 Å². The van der Waals surface area contributed by atoms with Crippen LogP contribution in [0.3, 0.4) is 0 Å². The molecule has 1 saturated heterocycles. The number of methoxy groups -OCH3 is 1. The Morgan fingerprint density at radius 3 is 2.62 bits per heavy atom. The molecule has 2 aliphatic rings. The molecule has 1 amide bonds. The zero-order chi connectivity index (χ0) is 27.0. The van der Waals surface area contributed by atoms with Crippen molar-refractivity contribution in [3.05, 3.63) is 11.5 Å². The van der Waals surface area contributed by atoms with Crippen molar-refractivity contribution in [1.82, 2.24) is 25.2 Å². The molecule has 0 unspecified atom stereocenters. The van der Waals surface area contributed by atoms with E-state index in [1.54, 1.807) is 0 Å². The van der Waals surface area contributed by atoms with Crippen LogP contribution in [-0.4, -0.2) is 101 Å².